The molecule has 1 aromatic carbocycles. The average Bonchev–Trinajstić information content (AvgIpc) is 2.72. The molecule has 1 N–H and O–H groups in total. The van der Waals surface area contributed by atoms with Crippen LogP contribution >= 0.6 is 0 Å². The molecule has 1 saturated carbocycles. The molecule has 3 aliphatic heterocycles. The normalized spacial score (nSPS) is 21.2. The SMILES string of the molecule is FC(F)(F)Oc1cccc(C2=CC(=C3CCC3)N3C=C(N4CCNCC4)C=CC3=N2)c1. The third-order valence-corrected chi connectivity index (χ3v) is 5.84. The van der Waals surface area contributed by atoms with Crippen LogP contribution in [0.15, 0.2) is 70.7 Å². The largest absolute Gasteiger partial charge is 0.573 e. The Morgan fingerprint density at radius 3 is 2.58 bits per heavy atom. The minimum atomic E-state index is -4.72. The van der Waals surface area contributed by atoms with Gasteiger partial charge in [0.2, 0.25) is 0 Å². The van der Waals surface area contributed by atoms with Crippen LogP contribution in [0, 0.1) is 0 Å². The summed E-state index contributed by atoms with van der Waals surface area (Å²) in [7, 11) is 0. The van der Waals surface area contributed by atoms with Crippen LogP contribution in [0.5, 0.6) is 5.75 Å². The summed E-state index contributed by atoms with van der Waals surface area (Å²) in [4.78, 5) is 9.22. The molecule has 1 aliphatic carbocycles. The molecule has 162 valence electrons. The number of rotatable bonds is 3. The van der Waals surface area contributed by atoms with E-state index in [9.17, 15) is 13.2 Å². The Kier molecular flexibility index (Phi) is 5.09. The predicted molar refractivity (Wildman–Crippen MR) is 113 cm³/mol. The van der Waals surface area contributed by atoms with Crippen molar-refractivity contribution >= 4 is 11.5 Å². The molecule has 2 fully saturated rings. The van der Waals surface area contributed by atoms with Gasteiger partial charge >= 0.3 is 6.36 Å². The lowest BCUT2D eigenvalue weighted by Crippen LogP contribution is -2.44. The molecule has 1 saturated heterocycles. The van der Waals surface area contributed by atoms with E-state index < -0.39 is 6.36 Å². The Bertz CT molecular complexity index is 1020. The van der Waals surface area contributed by atoms with Gasteiger partial charge in [0.25, 0.3) is 0 Å². The molecule has 0 bridgehead atoms. The lowest BCUT2D eigenvalue weighted by atomic mass is 9.89. The summed E-state index contributed by atoms with van der Waals surface area (Å²) in [6, 6.07) is 6.00. The molecular formula is C23H23F3N4O. The molecule has 1 aromatic rings. The molecule has 31 heavy (non-hydrogen) atoms. The van der Waals surface area contributed by atoms with Crippen LogP contribution in [-0.2, 0) is 0 Å². The Balaban J connectivity index is 1.48. The minimum Gasteiger partial charge on any atom is -0.406 e. The van der Waals surface area contributed by atoms with E-state index in [0.717, 1.165) is 62.7 Å². The quantitative estimate of drug-likeness (QED) is 0.775. The summed E-state index contributed by atoms with van der Waals surface area (Å²) < 4.78 is 42.0. The van der Waals surface area contributed by atoms with Gasteiger partial charge in [-0.3, -0.25) is 4.90 Å². The number of benzene rings is 1. The summed E-state index contributed by atoms with van der Waals surface area (Å²) in [6.45, 7) is 3.83. The number of fused-ring (bicyclic) bond motifs is 1. The van der Waals surface area contributed by atoms with E-state index in [1.54, 1.807) is 12.1 Å². The third kappa shape index (κ3) is 4.25. The second-order valence-electron chi connectivity index (χ2n) is 7.91. The molecule has 5 nitrogen and oxygen atoms in total. The van der Waals surface area contributed by atoms with Crippen molar-refractivity contribution in [1.82, 2.24) is 15.1 Å². The number of piperazine rings is 1. The molecule has 8 heteroatoms. The molecule has 0 atom stereocenters. The fraction of sp³-hybridized carbons (Fsp3) is 0.348. The number of nitrogens with one attached hydrogen (secondary N) is 1. The van der Waals surface area contributed by atoms with E-state index in [0.29, 0.717) is 11.3 Å². The summed E-state index contributed by atoms with van der Waals surface area (Å²) in [6.07, 6.45) is 6.65. The van der Waals surface area contributed by atoms with E-state index in [1.807, 2.05) is 12.2 Å². The van der Waals surface area contributed by atoms with E-state index in [1.165, 1.54) is 17.7 Å². The zero-order valence-corrected chi connectivity index (χ0v) is 17.0. The lowest BCUT2D eigenvalue weighted by Gasteiger charge is -2.37. The number of halogens is 3. The van der Waals surface area contributed by atoms with Gasteiger partial charge in [0.05, 0.1) is 11.4 Å². The monoisotopic (exact) mass is 428 g/mol. The van der Waals surface area contributed by atoms with E-state index in [2.05, 4.69) is 32.1 Å². The van der Waals surface area contributed by atoms with Crippen molar-refractivity contribution in [3.63, 3.8) is 0 Å². The van der Waals surface area contributed by atoms with Crippen LogP contribution < -0.4 is 10.1 Å². The second-order valence-corrected chi connectivity index (χ2v) is 7.91. The van der Waals surface area contributed by atoms with Crippen molar-refractivity contribution in [2.75, 3.05) is 26.2 Å². The molecule has 5 rings (SSSR count). The number of ether oxygens (including phenoxy) is 1. The zero-order chi connectivity index (χ0) is 21.4. The van der Waals surface area contributed by atoms with Gasteiger partial charge in [-0.15, -0.1) is 13.2 Å². The molecule has 0 amide bonds. The highest BCUT2D eigenvalue weighted by Crippen LogP contribution is 2.37. The van der Waals surface area contributed by atoms with Gasteiger partial charge in [-0.1, -0.05) is 12.1 Å². The molecule has 0 aromatic heterocycles. The van der Waals surface area contributed by atoms with Gasteiger partial charge in [0.1, 0.15) is 11.6 Å². The number of nitrogens with zero attached hydrogens (tertiary/aromatic N) is 3. The maximum Gasteiger partial charge on any atom is 0.573 e. The van der Waals surface area contributed by atoms with Gasteiger partial charge in [0.15, 0.2) is 0 Å². The van der Waals surface area contributed by atoms with Gasteiger partial charge in [-0.2, -0.15) is 0 Å². The van der Waals surface area contributed by atoms with Gasteiger partial charge < -0.3 is 15.0 Å². The second kappa shape index (κ2) is 7.92. The van der Waals surface area contributed by atoms with Crippen molar-refractivity contribution in [3.05, 3.63) is 71.2 Å². The minimum absolute atomic E-state index is 0.244. The number of alkyl halides is 3. The topological polar surface area (TPSA) is 40.1 Å². The van der Waals surface area contributed by atoms with E-state index in [4.69, 9.17) is 4.99 Å². The molecule has 0 spiro atoms. The van der Waals surface area contributed by atoms with E-state index in [-0.39, 0.29) is 5.75 Å². The van der Waals surface area contributed by atoms with Gasteiger partial charge in [-0.05, 0) is 55.2 Å². The summed E-state index contributed by atoms with van der Waals surface area (Å²) in [5.41, 5.74) is 4.80. The number of aliphatic imine (C=N–C) groups is 1. The fourth-order valence-electron chi connectivity index (χ4n) is 4.11. The maximum absolute atomic E-state index is 12.6. The number of allylic oxidation sites excluding steroid dienone is 3. The van der Waals surface area contributed by atoms with Crippen molar-refractivity contribution in [2.24, 2.45) is 4.99 Å². The van der Waals surface area contributed by atoms with Crippen LogP contribution in [0.4, 0.5) is 13.2 Å². The van der Waals surface area contributed by atoms with Crippen molar-refractivity contribution < 1.29 is 17.9 Å². The lowest BCUT2D eigenvalue weighted by molar-refractivity contribution is -0.274. The summed E-state index contributed by atoms with van der Waals surface area (Å²) in [5.74, 6) is 0.527. The smallest absolute Gasteiger partial charge is 0.406 e. The first kappa shape index (κ1) is 19.9. The molecule has 3 heterocycles. The maximum atomic E-state index is 12.6. The molecule has 4 aliphatic rings. The van der Waals surface area contributed by atoms with Gasteiger partial charge in [-0.25, -0.2) is 4.99 Å². The highest BCUT2D eigenvalue weighted by molar-refractivity contribution is 6.02. The Morgan fingerprint density at radius 1 is 1.06 bits per heavy atom. The predicted octanol–water partition coefficient (Wildman–Crippen LogP) is 4.39. The number of hydrogen-bond acceptors (Lipinski definition) is 5. The third-order valence-electron chi connectivity index (χ3n) is 5.84. The Labute approximate surface area is 178 Å². The fourth-order valence-corrected chi connectivity index (χ4v) is 4.11. The average molecular weight is 428 g/mol. The first-order valence-electron chi connectivity index (χ1n) is 10.5. The van der Waals surface area contributed by atoms with Crippen LogP contribution in [0.25, 0.3) is 5.70 Å². The highest BCUT2D eigenvalue weighted by atomic mass is 19.4. The van der Waals surface area contributed by atoms with Crippen LogP contribution in [-0.4, -0.2) is 48.2 Å². The summed E-state index contributed by atoms with van der Waals surface area (Å²) in [5, 5.41) is 3.37. The van der Waals surface area contributed by atoms with E-state index >= 15 is 0 Å². The van der Waals surface area contributed by atoms with Crippen LogP contribution in [0.3, 0.4) is 0 Å². The van der Waals surface area contributed by atoms with Crippen LogP contribution in [0.1, 0.15) is 24.8 Å². The van der Waals surface area contributed by atoms with Gasteiger partial charge in [0, 0.05) is 43.6 Å². The molecule has 0 unspecified atom stereocenters. The van der Waals surface area contributed by atoms with Crippen molar-refractivity contribution in [1.29, 1.82) is 0 Å². The highest BCUT2D eigenvalue weighted by Gasteiger charge is 2.31. The molecular weight excluding hydrogens is 405 g/mol. The van der Waals surface area contributed by atoms with Crippen molar-refractivity contribution in [2.45, 2.75) is 25.6 Å². The number of hydrogen-bond donors (Lipinski definition) is 1. The Hall–Kier alpha value is -3.00. The van der Waals surface area contributed by atoms with Crippen LogP contribution in [0.2, 0.25) is 0 Å². The standard InChI is InChI=1S/C23H23F3N4O/c24-23(25,26)31-19-6-2-5-17(13-19)20-14-21(16-3-1-4-16)30-15-18(7-8-22(30)28-20)29-11-9-27-10-12-29/h2,5-8,13-15,27H,1,3-4,9-12H2. The first-order chi connectivity index (χ1) is 15.0. The number of amidine groups is 1. The Morgan fingerprint density at radius 2 is 1.87 bits per heavy atom. The first-order valence-corrected chi connectivity index (χ1v) is 10.5. The van der Waals surface area contributed by atoms with Crippen molar-refractivity contribution in [3.8, 4) is 5.75 Å². The molecule has 0 radical (unpaired) electrons. The summed E-state index contributed by atoms with van der Waals surface area (Å²) >= 11 is 0. The zero-order valence-electron chi connectivity index (χ0n) is 17.0.